The van der Waals surface area contributed by atoms with Crippen molar-refractivity contribution in [2.24, 2.45) is 0 Å². The number of thioether (sulfide) groups is 2. The zero-order valence-corrected chi connectivity index (χ0v) is 19.0. The van der Waals surface area contributed by atoms with Gasteiger partial charge in [0.2, 0.25) is 0 Å². The highest BCUT2D eigenvalue weighted by Crippen LogP contribution is 2.39. The number of nitrogens with zero attached hydrogens (tertiary/aromatic N) is 2. The van der Waals surface area contributed by atoms with Crippen molar-refractivity contribution in [2.45, 2.75) is 15.5 Å². The number of aromatic nitrogens is 2. The van der Waals surface area contributed by atoms with E-state index in [2.05, 4.69) is 10.3 Å². The lowest BCUT2D eigenvalue weighted by molar-refractivity contribution is 0.102. The van der Waals surface area contributed by atoms with Gasteiger partial charge in [0.05, 0.1) is 11.4 Å². The first kappa shape index (κ1) is 20.8. The molecule has 0 aliphatic carbocycles. The van der Waals surface area contributed by atoms with E-state index in [0.29, 0.717) is 30.3 Å². The summed E-state index contributed by atoms with van der Waals surface area (Å²) < 4.78 is 13.3. The molecule has 0 unspecified atom stereocenters. The summed E-state index contributed by atoms with van der Waals surface area (Å²) >= 11 is 3.25. The minimum Gasteiger partial charge on any atom is -0.486 e. The molecule has 5 rings (SSSR count). The van der Waals surface area contributed by atoms with Gasteiger partial charge in [0.25, 0.3) is 5.91 Å². The molecule has 3 heterocycles. The van der Waals surface area contributed by atoms with Gasteiger partial charge in [-0.3, -0.25) is 4.79 Å². The first-order valence-corrected chi connectivity index (χ1v) is 12.3. The van der Waals surface area contributed by atoms with Crippen LogP contribution in [0.5, 0.6) is 11.5 Å². The number of fused-ring (bicyclic) bond motifs is 2. The average molecular weight is 464 g/mol. The van der Waals surface area contributed by atoms with Gasteiger partial charge < -0.3 is 19.2 Å². The van der Waals surface area contributed by atoms with Crippen molar-refractivity contribution in [3.8, 4) is 11.5 Å². The standard InChI is InChI=1S/C24H21N3O3S2/c1-31-22-13-21-20(29-10-11-30-21)12-19(22)26-24(28)16-5-7-18(8-6-16)32-15-17-14-27-9-3-2-4-23(27)25-17/h2-9,12-14H,10-11,15H2,1H3,(H,26,28). The van der Waals surface area contributed by atoms with Crippen LogP contribution in [0.15, 0.2) is 76.8 Å². The maximum Gasteiger partial charge on any atom is 0.255 e. The lowest BCUT2D eigenvalue weighted by Crippen LogP contribution is -2.17. The Morgan fingerprint density at radius 1 is 1.09 bits per heavy atom. The summed E-state index contributed by atoms with van der Waals surface area (Å²) in [6, 6.07) is 17.3. The highest BCUT2D eigenvalue weighted by atomic mass is 32.2. The average Bonchev–Trinajstić information content (AvgIpc) is 3.25. The van der Waals surface area contributed by atoms with Crippen LogP contribution in [0.4, 0.5) is 5.69 Å². The second kappa shape index (κ2) is 9.18. The minimum absolute atomic E-state index is 0.158. The van der Waals surface area contributed by atoms with Gasteiger partial charge in [0.1, 0.15) is 18.9 Å². The normalized spacial score (nSPS) is 12.7. The zero-order valence-electron chi connectivity index (χ0n) is 17.4. The summed E-state index contributed by atoms with van der Waals surface area (Å²) in [7, 11) is 0. The van der Waals surface area contributed by atoms with E-state index < -0.39 is 0 Å². The molecule has 4 aromatic rings. The first-order chi connectivity index (χ1) is 15.7. The number of amides is 1. The topological polar surface area (TPSA) is 64.9 Å². The lowest BCUT2D eigenvalue weighted by atomic mass is 10.2. The Labute approximate surface area is 194 Å². The van der Waals surface area contributed by atoms with Crippen LogP contribution in [0.25, 0.3) is 5.65 Å². The van der Waals surface area contributed by atoms with Gasteiger partial charge in [-0.2, -0.15) is 0 Å². The molecule has 2 aromatic carbocycles. The molecule has 32 heavy (non-hydrogen) atoms. The van der Waals surface area contributed by atoms with Crippen molar-refractivity contribution in [1.29, 1.82) is 0 Å². The summed E-state index contributed by atoms with van der Waals surface area (Å²) in [5.41, 5.74) is 3.28. The highest BCUT2D eigenvalue weighted by Gasteiger charge is 2.17. The Morgan fingerprint density at radius 2 is 1.88 bits per heavy atom. The number of benzene rings is 2. The molecule has 0 fully saturated rings. The molecule has 0 saturated carbocycles. The van der Waals surface area contributed by atoms with Crippen LogP contribution in [-0.4, -0.2) is 34.8 Å². The third kappa shape index (κ3) is 4.42. The summed E-state index contributed by atoms with van der Waals surface area (Å²) in [5.74, 6) is 1.98. The molecular formula is C24H21N3O3S2. The number of pyridine rings is 1. The van der Waals surface area contributed by atoms with Crippen LogP contribution in [0.3, 0.4) is 0 Å². The number of nitrogens with one attached hydrogen (secondary N) is 1. The second-order valence-corrected chi connectivity index (χ2v) is 9.06. The molecule has 1 aliphatic rings. The summed E-state index contributed by atoms with van der Waals surface area (Å²) in [5, 5.41) is 3.01. The second-order valence-electron chi connectivity index (χ2n) is 7.16. The Bertz CT molecular complexity index is 1240. The van der Waals surface area contributed by atoms with E-state index >= 15 is 0 Å². The van der Waals surface area contributed by atoms with E-state index in [1.807, 2.05) is 77.6 Å². The maximum atomic E-state index is 12.8. The Kier molecular flexibility index (Phi) is 5.96. The van der Waals surface area contributed by atoms with Gasteiger partial charge in [0.15, 0.2) is 11.5 Å². The van der Waals surface area contributed by atoms with Crippen LogP contribution < -0.4 is 14.8 Å². The van der Waals surface area contributed by atoms with Crippen molar-refractivity contribution >= 4 is 40.8 Å². The zero-order chi connectivity index (χ0) is 21.9. The third-order valence-corrected chi connectivity index (χ3v) is 6.85. The number of anilines is 1. The molecule has 0 bridgehead atoms. The largest absolute Gasteiger partial charge is 0.486 e. The van der Waals surface area contributed by atoms with Crippen LogP contribution in [-0.2, 0) is 5.75 Å². The van der Waals surface area contributed by atoms with Gasteiger partial charge in [-0.25, -0.2) is 4.98 Å². The lowest BCUT2D eigenvalue weighted by Gasteiger charge is -2.21. The molecule has 0 spiro atoms. The summed E-state index contributed by atoms with van der Waals surface area (Å²) in [4.78, 5) is 19.5. The van der Waals surface area contributed by atoms with Gasteiger partial charge in [0, 0.05) is 39.6 Å². The number of carbonyl (C=O) groups excluding carboxylic acids is 1. The van der Waals surface area contributed by atoms with Crippen LogP contribution >= 0.6 is 23.5 Å². The van der Waals surface area contributed by atoms with E-state index in [9.17, 15) is 4.79 Å². The Hall–Kier alpha value is -3.10. The minimum atomic E-state index is -0.158. The molecule has 1 N–H and O–H groups in total. The monoisotopic (exact) mass is 463 g/mol. The van der Waals surface area contributed by atoms with E-state index in [4.69, 9.17) is 9.47 Å². The number of imidazole rings is 1. The quantitative estimate of drug-likeness (QED) is 0.388. The molecular weight excluding hydrogens is 442 g/mol. The van der Waals surface area contributed by atoms with Crippen LogP contribution in [0.2, 0.25) is 0 Å². The highest BCUT2D eigenvalue weighted by molar-refractivity contribution is 7.99. The van der Waals surface area contributed by atoms with E-state index in [1.54, 1.807) is 23.5 Å². The fourth-order valence-electron chi connectivity index (χ4n) is 3.45. The third-order valence-electron chi connectivity index (χ3n) is 5.03. The fourth-order valence-corrected chi connectivity index (χ4v) is 4.78. The number of hydrogen-bond donors (Lipinski definition) is 1. The van der Waals surface area contributed by atoms with Crippen molar-refractivity contribution < 1.29 is 14.3 Å². The number of hydrogen-bond acceptors (Lipinski definition) is 6. The Balaban J connectivity index is 1.25. The predicted molar refractivity (Wildman–Crippen MR) is 128 cm³/mol. The summed E-state index contributed by atoms with van der Waals surface area (Å²) in [6.07, 6.45) is 6.01. The first-order valence-electron chi connectivity index (χ1n) is 10.1. The van der Waals surface area contributed by atoms with Crippen LogP contribution in [0, 0.1) is 0 Å². The number of ether oxygens (including phenoxy) is 2. The molecule has 8 heteroatoms. The van der Waals surface area contributed by atoms with Gasteiger partial charge in [-0.05, 0) is 48.7 Å². The molecule has 0 saturated heterocycles. The fraction of sp³-hybridized carbons (Fsp3) is 0.167. The van der Waals surface area contributed by atoms with Crippen LogP contribution in [0.1, 0.15) is 16.1 Å². The van der Waals surface area contributed by atoms with E-state index in [-0.39, 0.29) is 5.91 Å². The molecule has 0 radical (unpaired) electrons. The van der Waals surface area contributed by atoms with E-state index in [0.717, 1.165) is 32.6 Å². The Morgan fingerprint density at radius 3 is 2.62 bits per heavy atom. The maximum absolute atomic E-state index is 12.8. The molecule has 6 nitrogen and oxygen atoms in total. The smallest absolute Gasteiger partial charge is 0.255 e. The van der Waals surface area contributed by atoms with Crippen molar-refractivity contribution in [1.82, 2.24) is 9.38 Å². The van der Waals surface area contributed by atoms with Gasteiger partial charge >= 0.3 is 0 Å². The molecule has 2 aromatic heterocycles. The molecule has 0 atom stereocenters. The number of rotatable bonds is 6. The van der Waals surface area contributed by atoms with Crippen molar-refractivity contribution in [2.75, 3.05) is 24.8 Å². The van der Waals surface area contributed by atoms with Gasteiger partial charge in [-0.15, -0.1) is 23.5 Å². The molecule has 1 amide bonds. The number of carbonyl (C=O) groups is 1. The van der Waals surface area contributed by atoms with E-state index in [1.165, 1.54) is 0 Å². The summed E-state index contributed by atoms with van der Waals surface area (Å²) in [6.45, 7) is 1.04. The van der Waals surface area contributed by atoms with Crippen molar-refractivity contribution in [3.05, 3.63) is 78.2 Å². The SMILES string of the molecule is CSc1cc2c(cc1NC(=O)c1ccc(SCc3cn4ccccc4n3)cc1)OCCO2. The predicted octanol–water partition coefficient (Wildman–Crippen LogP) is 5.37. The molecule has 162 valence electrons. The van der Waals surface area contributed by atoms with Crippen molar-refractivity contribution in [3.63, 3.8) is 0 Å². The molecule has 1 aliphatic heterocycles. The van der Waals surface area contributed by atoms with Gasteiger partial charge in [-0.1, -0.05) is 6.07 Å².